The first-order chi connectivity index (χ1) is 11.4. The van der Waals surface area contributed by atoms with Crippen molar-refractivity contribution in [2.45, 2.75) is 6.92 Å². The molecular formula is C16H10Br2N2O3S. The van der Waals surface area contributed by atoms with Gasteiger partial charge in [0, 0.05) is 0 Å². The number of anilines is 1. The van der Waals surface area contributed by atoms with Gasteiger partial charge in [0.15, 0.2) is 9.78 Å². The van der Waals surface area contributed by atoms with E-state index >= 15 is 0 Å². The van der Waals surface area contributed by atoms with E-state index in [4.69, 9.17) is 16.6 Å². The highest BCUT2D eigenvalue weighted by atomic mass is 79.9. The largest absolute Gasteiger partial charge is 0.449 e. The van der Waals surface area contributed by atoms with Crippen molar-refractivity contribution in [3.8, 4) is 0 Å². The maximum absolute atomic E-state index is 12.8. The molecule has 1 fully saturated rings. The SMILES string of the molecule is Cc1ccccc1N1C(=O)/C(=C/c2cc(Br)c(Br)o2)C(=O)NC1=S. The molecule has 1 aliphatic rings. The van der Waals surface area contributed by atoms with Crippen LogP contribution in [-0.2, 0) is 9.59 Å². The van der Waals surface area contributed by atoms with Gasteiger partial charge in [-0.15, -0.1) is 0 Å². The van der Waals surface area contributed by atoms with Gasteiger partial charge in [0.2, 0.25) is 0 Å². The number of thiocarbonyl (C=S) groups is 1. The average Bonchev–Trinajstić information content (AvgIpc) is 2.83. The van der Waals surface area contributed by atoms with Crippen LogP contribution in [0.3, 0.4) is 0 Å². The zero-order valence-corrected chi connectivity index (χ0v) is 16.3. The van der Waals surface area contributed by atoms with Crippen molar-refractivity contribution in [2.24, 2.45) is 0 Å². The monoisotopic (exact) mass is 468 g/mol. The van der Waals surface area contributed by atoms with E-state index in [1.54, 1.807) is 18.2 Å². The second-order valence-corrected chi connectivity index (χ2v) is 6.98. The number of furan rings is 1. The molecule has 122 valence electrons. The van der Waals surface area contributed by atoms with Crippen LogP contribution in [0.4, 0.5) is 5.69 Å². The van der Waals surface area contributed by atoms with Gasteiger partial charge in [-0.3, -0.25) is 19.8 Å². The van der Waals surface area contributed by atoms with Gasteiger partial charge < -0.3 is 4.42 Å². The van der Waals surface area contributed by atoms with Crippen LogP contribution in [0.2, 0.25) is 0 Å². The van der Waals surface area contributed by atoms with Crippen LogP contribution in [0.15, 0.2) is 49.5 Å². The van der Waals surface area contributed by atoms with E-state index in [1.807, 2.05) is 19.1 Å². The number of carbonyl (C=O) groups is 2. The molecule has 2 aromatic rings. The van der Waals surface area contributed by atoms with E-state index in [0.717, 1.165) is 5.56 Å². The fourth-order valence-corrected chi connectivity index (χ4v) is 3.15. The average molecular weight is 470 g/mol. The van der Waals surface area contributed by atoms with E-state index in [2.05, 4.69) is 37.2 Å². The summed E-state index contributed by atoms with van der Waals surface area (Å²) in [5.74, 6) is -0.690. The Kier molecular flexibility index (Phi) is 4.71. The van der Waals surface area contributed by atoms with Crippen LogP contribution in [0, 0.1) is 6.92 Å². The second kappa shape index (κ2) is 6.62. The highest BCUT2D eigenvalue weighted by molar-refractivity contribution is 9.13. The van der Waals surface area contributed by atoms with E-state index < -0.39 is 11.8 Å². The predicted molar refractivity (Wildman–Crippen MR) is 101 cm³/mol. The molecule has 1 aromatic heterocycles. The molecule has 5 nitrogen and oxygen atoms in total. The lowest BCUT2D eigenvalue weighted by atomic mass is 10.1. The molecule has 0 atom stereocenters. The summed E-state index contributed by atoms with van der Waals surface area (Å²) >= 11 is 11.7. The number of aryl methyl sites for hydroxylation is 1. The van der Waals surface area contributed by atoms with Gasteiger partial charge in [0.25, 0.3) is 11.8 Å². The van der Waals surface area contributed by atoms with Crippen molar-refractivity contribution in [2.75, 3.05) is 4.90 Å². The minimum Gasteiger partial charge on any atom is -0.449 e. The first-order valence-corrected chi connectivity index (χ1v) is 8.80. The van der Waals surface area contributed by atoms with Crippen molar-refractivity contribution in [1.82, 2.24) is 5.32 Å². The van der Waals surface area contributed by atoms with Gasteiger partial charge in [0.1, 0.15) is 11.3 Å². The number of amides is 2. The van der Waals surface area contributed by atoms with Crippen LogP contribution in [0.5, 0.6) is 0 Å². The third kappa shape index (κ3) is 3.09. The van der Waals surface area contributed by atoms with Gasteiger partial charge in [-0.05, 0) is 74.8 Å². The van der Waals surface area contributed by atoms with Crippen LogP contribution in [0.1, 0.15) is 11.3 Å². The van der Waals surface area contributed by atoms with Gasteiger partial charge in [-0.2, -0.15) is 0 Å². The topological polar surface area (TPSA) is 62.6 Å². The Labute approximate surface area is 160 Å². The van der Waals surface area contributed by atoms with Crippen LogP contribution < -0.4 is 10.2 Å². The number of benzene rings is 1. The van der Waals surface area contributed by atoms with Crippen LogP contribution >= 0.6 is 44.1 Å². The summed E-state index contributed by atoms with van der Waals surface area (Å²) in [5.41, 5.74) is 1.44. The highest BCUT2D eigenvalue weighted by Gasteiger charge is 2.35. The summed E-state index contributed by atoms with van der Waals surface area (Å²) in [5, 5.41) is 2.60. The summed E-state index contributed by atoms with van der Waals surface area (Å²) < 4.78 is 6.58. The molecule has 2 heterocycles. The van der Waals surface area contributed by atoms with Crippen molar-refractivity contribution >= 4 is 72.8 Å². The first-order valence-electron chi connectivity index (χ1n) is 6.80. The minimum absolute atomic E-state index is 0.0539. The summed E-state index contributed by atoms with van der Waals surface area (Å²) in [6.07, 6.45) is 1.39. The molecule has 2 amide bonds. The lowest BCUT2D eigenvalue weighted by molar-refractivity contribution is -0.122. The molecule has 8 heteroatoms. The van der Waals surface area contributed by atoms with Crippen molar-refractivity contribution in [3.05, 3.63) is 56.4 Å². The molecule has 1 N–H and O–H groups in total. The molecule has 0 aliphatic carbocycles. The molecule has 0 saturated carbocycles. The molecule has 1 saturated heterocycles. The van der Waals surface area contributed by atoms with Crippen LogP contribution in [0.25, 0.3) is 6.08 Å². The fourth-order valence-electron chi connectivity index (χ4n) is 2.27. The normalized spacial score (nSPS) is 16.7. The lowest BCUT2D eigenvalue weighted by Gasteiger charge is -2.29. The Morgan fingerprint density at radius 1 is 1.25 bits per heavy atom. The molecule has 24 heavy (non-hydrogen) atoms. The molecule has 0 radical (unpaired) electrons. The van der Waals surface area contributed by atoms with Gasteiger partial charge >= 0.3 is 0 Å². The first kappa shape index (κ1) is 17.1. The van der Waals surface area contributed by atoms with E-state index in [-0.39, 0.29) is 10.7 Å². The Morgan fingerprint density at radius 2 is 1.96 bits per heavy atom. The zero-order chi connectivity index (χ0) is 17.4. The number of halogens is 2. The van der Waals surface area contributed by atoms with Crippen molar-refractivity contribution in [1.29, 1.82) is 0 Å². The highest BCUT2D eigenvalue weighted by Crippen LogP contribution is 2.29. The quantitative estimate of drug-likeness (QED) is 0.411. The van der Waals surface area contributed by atoms with Crippen molar-refractivity contribution < 1.29 is 14.0 Å². The van der Waals surface area contributed by atoms with Crippen molar-refractivity contribution in [3.63, 3.8) is 0 Å². The second-order valence-electron chi connectivity index (χ2n) is 5.01. The van der Waals surface area contributed by atoms with E-state index in [0.29, 0.717) is 20.6 Å². The number of para-hydroxylation sites is 1. The molecule has 1 aliphatic heterocycles. The summed E-state index contributed by atoms with van der Waals surface area (Å²) in [6, 6.07) is 8.96. The molecule has 0 unspecified atom stereocenters. The number of hydrogen-bond donors (Lipinski definition) is 1. The lowest BCUT2D eigenvalue weighted by Crippen LogP contribution is -2.54. The summed E-state index contributed by atoms with van der Waals surface area (Å²) in [4.78, 5) is 26.3. The van der Waals surface area contributed by atoms with Crippen LogP contribution in [-0.4, -0.2) is 16.9 Å². The molecule has 0 spiro atoms. The summed E-state index contributed by atoms with van der Waals surface area (Å²) in [7, 11) is 0. The third-order valence-corrected chi connectivity index (χ3v) is 5.40. The molecule has 3 rings (SSSR count). The molecule has 1 aromatic carbocycles. The maximum Gasteiger partial charge on any atom is 0.270 e. The number of rotatable bonds is 2. The molecule has 0 bridgehead atoms. The number of carbonyl (C=O) groups excluding carboxylic acids is 2. The Morgan fingerprint density at radius 3 is 2.58 bits per heavy atom. The number of nitrogens with one attached hydrogen (secondary N) is 1. The summed E-state index contributed by atoms with van der Waals surface area (Å²) in [6.45, 7) is 1.87. The van der Waals surface area contributed by atoms with E-state index in [9.17, 15) is 9.59 Å². The number of nitrogens with zero attached hydrogens (tertiary/aromatic N) is 1. The van der Waals surface area contributed by atoms with Gasteiger partial charge in [-0.25, -0.2) is 0 Å². The Hall–Kier alpha value is -1.77. The molecular weight excluding hydrogens is 460 g/mol. The minimum atomic E-state index is -0.557. The van der Waals surface area contributed by atoms with Gasteiger partial charge in [0.05, 0.1) is 10.2 Å². The number of hydrogen-bond acceptors (Lipinski definition) is 4. The standard InChI is InChI=1S/C16H10Br2N2O3S/c1-8-4-2-3-5-12(8)20-15(22)10(14(21)19-16(20)24)6-9-7-11(17)13(18)23-9/h2-7H,1H3,(H,19,21,24)/b10-6+. The zero-order valence-electron chi connectivity index (χ0n) is 12.3. The van der Waals surface area contributed by atoms with E-state index in [1.165, 1.54) is 11.0 Å². The third-order valence-electron chi connectivity index (χ3n) is 3.41. The predicted octanol–water partition coefficient (Wildman–Crippen LogP) is 3.94. The smallest absolute Gasteiger partial charge is 0.270 e. The fraction of sp³-hybridized carbons (Fsp3) is 0.0625. The Balaban J connectivity index is 2.05. The maximum atomic E-state index is 12.8. The Bertz CT molecular complexity index is 885. The van der Waals surface area contributed by atoms with Gasteiger partial charge in [-0.1, -0.05) is 18.2 Å².